The standard InChI is InChI=1S/C21H20NSi/c1-14-10-11-17-16-8-4-5-9-18(16)23(3)13-15-7-6-12-22(2)20(15)19(14)21(17)23/h4-12H,13H2,1-3H3/q+1. The summed E-state index contributed by atoms with van der Waals surface area (Å²) in [5, 5.41) is 3.30. The van der Waals surface area contributed by atoms with Crippen LogP contribution >= 0.6 is 0 Å². The van der Waals surface area contributed by atoms with Crippen LogP contribution in [0.2, 0.25) is 6.55 Å². The molecular formula is C21H20NSi+. The summed E-state index contributed by atoms with van der Waals surface area (Å²) in [5.41, 5.74) is 8.85. The fraction of sp³-hybridized carbons (Fsp3) is 0.190. The minimum absolute atomic E-state index is 1.22. The molecule has 112 valence electrons. The molecule has 1 nitrogen and oxygen atoms in total. The Morgan fingerprint density at radius 3 is 2.65 bits per heavy atom. The summed E-state index contributed by atoms with van der Waals surface area (Å²) in [5.74, 6) is 0. The lowest BCUT2D eigenvalue weighted by atomic mass is 9.95. The number of pyridine rings is 1. The molecule has 0 spiro atoms. The van der Waals surface area contributed by atoms with Crippen LogP contribution in [0.15, 0.2) is 54.7 Å². The molecule has 0 amide bonds. The van der Waals surface area contributed by atoms with Crippen LogP contribution in [0, 0.1) is 6.92 Å². The van der Waals surface area contributed by atoms with Crippen LogP contribution in [0.3, 0.4) is 0 Å². The van der Waals surface area contributed by atoms with Crippen molar-refractivity contribution in [3.63, 3.8) is 0 Å². The van der Waals surface area contributed by atoms with Crippen molar-refractivity contribution in [1.82, 2.24) is 0 Å². The van der Waals surface area contributed by atoms with Gasteiger partial charge in [-0.25, -0.2) is 4.57 Å². The monoisotopic (exact) mass is 314 g/mol. The van der Waals surface area contributed by atoms with Crippen molar-refractivity contribution in [3.8, 4) is 22.4 Å². The van der Waals surface area contributed by atoms with E-state index in [1.807, 2.05) is 0 Å². The third kappa shape index (κ3) is 1.50. The van der Waals surface area contributed by atoms with Gasteiger partial charge < -0.3 is 0 Å². The van der Waals surface area contributed by atoms with Gasteiger partial charge in [0.15, 0.2) is 6.20 Å². The average Bonchev–Trinajstić information content (AvgIpc) is 2.80. The lowest BCUT2D eigenvalue weighted by Crippen LogP contribution is -2.58. The van der Waals surface area contributed by atoms with Gasteiger partial charge in [-0.1, -0.05) is 42.9 Å². The summed E-state index contributed by atoms with van der Waals surface area (Å²) in [4.78, 5) is 0. The summed E-state index contributed by atoms with van der Waals surface area (Å²) < 4.78 is 2.31. The first-order chi connectivity index (χ1) is 11.1. The van der Waals surface area contributed by atoms with Gasteiger partial charge in [-0.05, 0) is 46.1 Å². The fourth-order valence-electron chi connectivity index (χ4n) is 4.86. The van der Waals surface area contributed by atoms with E-state index in [0.29, 0.717) is 0 Å². The van der Waals surface area contributed by atoms with Crippen molar-refractivity contribution in [2.24, 2.45) is 7.05 Å². The predicted octanol–water partition coefficient (Wildman–Crippen LogP) is 2.76. The highest BCUT2D eigenvalue weighted by atomic mass is 28.3. The van der Waals surface area contributed by atoms with E-state index in [-0.39, 0.29) is 0 Å². The molecular weight excluding hydrogens is 294 g/mol. The maximum absolute atomic E-state index is 2.57. The Balaban J connectivity index is 1.99. The Morgan fingerprint density at radius 2 is 1.78 bits per heavy atom. The van der Waals surface area contributed by atoms with Gasteiger partial charge in [-0.2, -0.15) is 0 Å². The summed E-state index contributed by atoms with van der Waals surface area (Å²) >= 11 is 0. The number of nitrogens with zero attached hydrogens (tertiary/aromatic N) is 1. The molecule has 0 radical (unpaired) electrons. The first kappa shape index (κ1) is 13.3. The topological polar surface area (TPSA) is 3.88 Å². The van der Waals surface area contributed by atoms with Crippen LogP contribution in [0.4, 0.5) is 0 Å². The van der Waals surface area contributed by atoms with Gasteiger partial charge in [-0.15, -0.1) is 0 Å². The highest BCUT2D eigenvalue weighted by Crippen LogP contribution is 2.40. The Bertz CT molecular complexity index is 989. The molecule has 0 bridgehead atoms. The van der Waals surface area contributed by atoms with Crippen molar-refractivity contribution in [2.75, 3.05) is 0 Å². The molecule has 2 heteroatoms. The average molecular weight is 314 g/mol. The molecule has 23 heavy (non-hydrogen) atoms. The van der Waals surface area contributed by atoms with Gasteiger partial charge in [0.25, 0.3) is 0 Å². The number of rotatable bonds is 0. The van der Waals surface area contributed by atoms with Gasteiger partial charge in [0.2, 0.25) is 5.69 Å². The zero-order valence-electron chi connectivity index (χ0n) is 13.9. The van der Waals surface area contributed by atoms with E-state index in [0.717, 1.165) is 0 Å². The van der Waals surface area contributed by atoms with Gasteiger partial charge >= 0.3 is 0 Å². The normalized spacial score (nSPS) is 20.0. The molecule has 3 heterocycles. The fourth-order valence-corrected chi connectivity index (χ4v) is 9.50. The summed E-state index contributed by atoms with van der Waals surface area (Å²) in [6, 6.07) is 19.5. The molecule has 1 unspecified atom stereocenters. The van der Waals surface area contributed by atoms with Gasteiger partial charge in [0, 0.05) is 17.2 Å². The zero-order chi connectivity index (χ0) is 15.8. The molecule has 0 fully saturated rings. The third-order valence-corrected chi connectivity index (χ3v) is 10.2. The van der Waals surface area contributed by atoms with Crippen LogP contribution in [-0.4, -0.2) is 8.07 Å². The highest BCUT2D eigenvalue weighted by molar-refractivity contribution is 7.05. The molecule has 2 aliphatic heterocycles. The molecule has 5 rings (SSSR count). The van der Waals surface area contributed by atoms with E-state index in [1.165, 1.54) is 39.6 Å². The lowest BCUT2D eigenvalue weighted by molar-refractivity contribution is -0.660. The molecule has 0 saturated heterocycles. The summed E-state index contributed by atoms with van der Waals surface area (Å²) in [7, 11) is 0.506. The Hall–Kier alpha value is -2.19. The van der Waals surface area contributed by atoms with Gasteiger partial charge in [-0.3, -0.25) is 0 Å². The lowest BCUT2D eigenvalue weighted by Gasteiger charge is -2.32. The summed E-state index contributed by atoms with van der Waals surface area (Å²) in [6.45, 7) is 4.84. The molecule has 3 aromatic rings. The second-order valence-electron chi connectivity index (χ2n) is 7.23. The number of aromatic nitrogens is 1. The van der Waals surface area contributed by atoms with Crippen LogP contribution in [0.1, 0.15) is 11.1 Å². The van der Waals surface area contributed by atoms with E-state index in [1.54, 1.807) is 10.4 Å². The van der Waals surface area contributed by atoms with Gasteiger partial charge in [0.05, 0.1) is 0 Å². The van der Waals surface area contributed by atoms with E-state index >= 15 is 0 Å². The van der Waals surface area contributed by atoms with E-state index in [4.69, 9.17) is 0 Å². The Morgan fingerprint density at radius 1 is 0.957 bits per heavy atom. The number of benzene rings is 2. The minimum atomic E-state index is -1.68. The quantitative estimate of drug-likeness (QED) is 0.444. The van der Waals surface area contributed by atoms with Crippen molar-refractivity contribution in [1.29, 1.82) is 0 Å². The van der Waals surface area contributed by atoms with Crippen molar-refractivity contribution in [2.45, 2.75) is 19.5 Å². The van der Waals surface area contributed by atoms with E-state index in [9.17, 15) is 0 Å². The van der Waals surface area contributed by atoms with Crippen molar-refractivity contribution < 1.29 is 4.57 Å². The number of hydrogen-bond acceptors (Lipinski definition) is 0. The second kappa shape index (κ2) is 4.21. The van der Waals surface area contributed by atoms with Gasteiger partial charge in [0.1, 0.15) is 15.1 Å². The molecule has 0 saturated carbocycles. The first-order valence-corrected chi connectivity index (χ1v) is 11.0. The molecule has 2 aliphatic rings. The minimum Gasteiger partial charge on any atom is -0.201 e. The van der Waals surface area contributed by atoms with Crippen LogP contribution < -0.4 is 14.9 Å². The van der Waals surface area contributed by atoms with Crippen LogP contribution in [0.5, 0.6) is 0 Å². The second-order valence-corrected chi connectivity index (χ2v) is 11.3. The number of fused-ring (bicyclic) bond motifs is 5. The Kier molecular flexibility index (Phi) is 2.43. The molecule has 0 N–H and O–H groups in total. The predicted molar refractivity (Wildman–Crippen MR) is 97.8 cm³/mol. The maximum Gasteiger partial charge on any atom is 0.215 e. The van der Waals surface area contributed by atoms with Crippen molar-refractivity contribution >= 4 is 18.4 Å². The SMILES string of the molecule is Cc1ccc2c3c1-c1c(ccc[n+]1C)C[Si]3(C)c1ccccc1-2. The highest BCUT2D eigenvalue weighted by Gasteiger charge is 2.48. The number of aryl methyl sites for hydroxylation is 2. The van der Waals surface area contributed by atoms with Crippen LogP contribution in [0.25, 0.3) is 22.4 Å². The van der Waals surface area contributed by atoms with E-state index in [2.05, 4.69) is 79.8 Å². The molecule has 0 aliphatic carbocycles. The van der Waals surface area contributed by atoms with Crippen LogP contribution in [-0.2, 0) is 13.1 Å². The molecule has 1 aromatic heterocycles. The number of hydrogen-bond donors (Lipinski definition) is 0. The Labute approximate surface area is 138 Å². The maximum atomic E-state index is 2.57. The summed E-state index contributed by atoms with van der Waals surface area (Å²) in [6.07, 6.45) is 2.18. The first-order valence-electron chi connectivity index (χ1n) is 8.33. The smallest absolute Gasteiger partial charge is 0.201 e. The van der Waals surface area contributed by atoms with E-state index < -0.39 is 8.07 Å². The zero-order valence-corrected chi connectivity index (χ0v) is 14.9. The largest absolute Gasteiger partial charge is 0.215 e. The van der Waals surface area contributed by atoms with Crippen molar-refractivity contribution in [3.05, 3.63) is 65.9 Å². The third-order valence-electron chi connectivity index (χ3n) is 5.82. The molecule has 1 atom stereocenters. The molecule has 2 aromatic carbocycles.